The zero-order chi connectivity index (χ0) is 12.3. The second-order valence-corrected chi connectivity index (χ2v) is 4.63. The number of rotatable bonds is 3. The van der Waals surface area contributed by atoms with Gasteiger partial charge in [-0.15, -0.1) is 0 Å². The highest BCUT2D eigenvalue weighted by atomic mass is 16.1. The number of carbonyl (C=O) groups excluding carboxylic acids is 1. The van der Waals surface area contributed by atoms with E-state index in [1.165, 1.54) is 0 Å². The summed E-state index contributed by atoms with van der Waals surface area (Å²) in [5.74, 6) is 1.27. The van der Waals surface area contributed by atoms with E-state index in [1.54, 1.807) is 11.0 Å². The average molecular weight is 237 g/mol. The first-order valence-corrected chi connectivity index (χ1v) is 6.00. The molecule has 1 aromatic rings. The van der Waals surface area contributed by atoms with Crippen LogP contribution in [0.4, 0.5) is 0 Å². The smallest absolute Gasteiger partial charge is 0.223 e. The Labute approximate surface area is 101 Å². The SMILES string of the molecule is CC1CNCCC1C(=O)NCc1ncn(C)n1. The molecule has 1 fully saturated rings. The Bertz CT molecular complexity index is 389. The third-order valence-corrected chi connectivity index (χ3v) is 3.19. The maximum Gasteiger partial charge on any atom is 0.223 e. The van der Waals surface area contributed by atoms with Crippen LogP contribution >= 0.6 is 0 Å². The summed E-state index contributed by atoms with van der Waals surface area (Å²) in [6.45, 7) is 4.36. The molecule has 2 atom stereocenters. The van der Waals surface area contributed by atoms with Crippen molar-refractivity contribution >= 4 is 5.91 Å². The Morgan fingerprint density at radius 2 is 2.53 bits per heavy atom. The zero-order valence-corrected chi connectivity index (χ0v) is 10.3. The normalized spacial score (nSPS) is 24.6. The van der Waals surface area contributed by atoms with Crippen LogP contribution in [0.15, 0.2) is 6.33 Å². The molecule has 0 saturated carbocycles. The van der Waals surface area contributed by atoms with Crippen molar-refractivity contribution in [2.24, 2.45) is 18.9 Å². The van der Waals surface area contributed by atoms with Gasteiger partial charge in [0.15, 0.2) is 5.82 Å². The second-order valence-electron chi connectivity index (χ2n) is 4.63. The molecule has 2 unspecified atom stereocenters. The number of nitrogens with zero attached hydrogens (tertiary/aromatic N) is 3. The minimum atomic E-state index is 0.111. The molecule has 94 valence electrons. The monoisotopic (exact) mass is 237 g/mol. The van der Waals surface area contributed by atoms with Crippen LogP contribution in [0, 0.1) is 11.8 Å². The van der Waals surface area contributed by atoms with E-state index in [4.69, 9.17) is 0 Å². The molecule has 6 heteroatoms. The van der Waals surface area contributed by atoms with Crippen LogP contribution in [-0.2, 0) is 18.4 Å². The van der Waals surface area contributed by atoms with Crippen molar-refractivity contribution < 1.29 is 4.79 Å². The number of hydrogen-bond donors (Lipinski definition) is 2. The molecule has 2 N–H and O–H groups in total. The predicted octanol–water partition coefficient (Wildman–Crippen LogP) is -0.323. The highest BCUT2D eigenvalue weighted by Gasteiger charge is 2.27. The lowest BCUT2D eigenvalue weighted by atomic mass is 9.87. The molecule has 2 heterocycles. The summed E-state index contributed by atoms with van der Waals surface area (Å²) < 4.78 is 1.63. The molecule has 17 heavy (non-hydrogen) atoms. The van der Waals surface area contributed by atoms with Crippen LogP contribution in [0.25, 0.3) is 0 Å². The quantitative estimate of drug-likeness (QED) is 0.755. The number of aryl methyl sites for hydroxylation is 1. The fraction of sp³-hybridized carbons (Fsp3) is 0.727. The fourth-order valence-corrected chi connectivity index (χ4v) is 2.17. The molecule has 1 aliphatic heterocycles. The number of amides is 1. The number of piperidine rings is 1. The Morgan fingerprint density at radius 3 is 3.18 bits per heavy atom. The average Bonchev–Trinajstić information content (AvgIpc) is 2.73. The van der Waals surface area contributed by atoms with Crippen molar-refractivity contribution in [1.82, 2.24) is 25.4 Å². The maximum atomic E-state index is 12.0. The molecule has 0 spiro atoms. The van der Waals surface area contributed by atoms with Crippen molar-refractivity contribution in [1.29, 1.82) is 0 Å². The minimum absolute atomic E-state index is 0.111. The summed E-state index contributed by atoms with van der Waals surface area (Å²) in [5, 5.41) is 10.3. The van der Waals surface area contributed by atoms with Gasteiger partial charge in [-0.2, -0.15) is 5.10 Å². The van der Waals surface area contributed by atoms with Crippen LogP contribution in [0.5, 0.6) is 0 Å². The topological polar surface area (TPSA) is 71.8 Å². The number of aromatic nitrogens is 3. The van der Waals surface area contributed by atoms with Crippen molar-refractivity contribution in [3.8, 4) is 0 Å². The Kier molecular flexibility index (Phi) is 3.73. The van der Waals surface area contributed by atoms with Crippen molar-refractivity contribution in [3.05, 3.63) is 12.2 Å². The highest BCUT2D eigenvalue weighted by Crippen LogP contribution is 2.18. The van der Waals surface area contributed by atoms with Crippen LogP contribution in [0.1, 0.15) is 19.2 Å². The summed E-state index contributed by atoms with van der Waals surface area (Å²) in [5.41, 5.74) is 0. The lowest BCUT2D eigenvalue weighted by molar-refractivity contribution is -0.127. The highest BCUT2D eigenvalue weighted by molar-refractivity contribution is 5.78. The van der Waals surface area contributed by atoms with Gasteiger partial charge in [-0.1, -0.05) is 6.92 Å². The van der Waals surface area contributed by atoms with Gasteiger partial charge in [0.25, 0.3) is 0 Å². The van der Waals surface area contributed by atoms with Gasteiger partial charge in [-0.25, -0.2) is 4.98 Å². The number of hydrogen-bond acceptors (Lipinski definition) is 4. The summed E-state index contributed by atoms with van der Waals surface area (Å²) in [7, 11) is 1.81. The van der Waals surface area contributed by atoms with E-state index in [0.29, 0.717) is 18.3 Å². The third-order valence-electron chi connectivity index (χ3n) is 3.19. The van der Waals surface area contributed by atoms with Crippen LogP contribution in [0.3, 0.4) is 0 Å². The van der Waals surface area contributed by atoms with Gasteiger partial charge in [0.2, 0.25) is 5.91 Å². The standard InChI is InChI=1S/C11H19N5O/c1-8-5-12-4-3-9(8)11(17)13-6-10-14-7-16(2)15-10/h7-9,12H,3-6H2,1-2H3,(H,13,17). The van der Waals surface area contributed by atoms with Crippen molar-refractivity contribution in [2.75, 3.05) is 13.1 Å². The van der Waals surface area contributed by atoms with E-state index in [0.717, 1.165) is 19.5 Å². The van der Waals surface area contributed by atoms with Gasteiger partial charge >= 0.3 is 0 Å². The van der Waals surface area contributed by atoms with Crippen LogP contribution in [0.2, 0.25) is 0 Å². The van der Waals surface area contributed by atoms with Gasteiger partial charge in [-0.05, 0) is 25.4 Å². The lowest BCUT2D eigenvalue weighted by Crippen LogP contribution is -2.43. The Morgan fingerprint density at radius 1 is 1.71 bits per heavy atom. The first kappa shape index (κ1) is 12.0. The summed E-state index contributed by atoms with van der Waals surface area (Å²) in [6, 6.07) is 0. The maximum absolute atomic E-state index is 12.0. The molecule has 0 radical (unpaired) electrons. The zero-order valence-electron chi connectivity index (χ0n) is 10.3. The molecule has 6 nitrogen and oxygen atoms in total. The van der Waals surface area contributed by atoms with Gasteiger partial charge in [0.1, 0.15) is 6.33 Å². The van der Waals surface area contributed by atoms with Crippen molar-refractivity contribution in [3.63, 3.8) is 0 Å². The molecule has 1 saturated heterocycles. The van der Waals surface area contributed by atoms with Gasteiger partial charge in [-0.3, -0.25) is 9.48 Å². The lowest BCUT2D eigenvalue weighted by Gasteiger charge is -2.28. The summed E-state index contributed by atoms with van der Waals surface area (Å²) in [6.07, 6.45) is 2.54. The van der Waals surface area contributed by atoms with E-state index < -0.39 is 0 Å². The summed E-state index contributed by atoms with van der Waals surface area (Å²) >= 11 is 0. The summed E-state index contributed by atoms with van der Waals surface area (Å²) in [4.78, 5) is 16.1. The van der Waals surface area contributed by atoms with Crippen LogP contribution in [-0.4, -0.2) is 33.8 Å². The van der Waals surface area contributed by atoms with Gasteiger partial charge in [0, 0.05) is 13.0 Å². The first-order chi connectivity index (χ1) is 8.16. The molecule has 0 aliphatic carbocycles. The number of carbonyl (C=O) groups is 1. The second kappa shape index (κ2) is 5.27. The van der Waals surface area contributed by atoms with Gasteiger partial charge in [0.05, 0.1) is 6.54 Å². The third kappa shape index (κ3) is 3.03. The van der Waals surface area contributed by atoms with E-state index in [2.05, 4.69) is 27.6 Å². The molecular formula is C11H19N5O. The molecule has 0 aromatic carbocycles. The molecule has 2 rings (SSSR count). The molecule has 1 aliphatic rings. The van der Waals surface area contributed by atoms with E-state index in [9.17, 15) is 4.79 Å². The Hall–Kier alpha value is -1.43. The molecule has 1 amide bonds. The molecule has 1 aromatic heterocycles. The van der Waals surface area contributed by atoms with E-state index in [-0.39, 0.29) is 11.8 Å². The van der Waals surface area contributed by atoms with Crippen molar-refractivity contribution in [2.45, 2.75) is 19.9 Å². The fourth-order valence-electron chi connectivity index (χ4n) is 2.17. The van der Waals surface area contributed by atoms with Crippen LogP contribution < -0.4 is 10.6 Å². The largest absolute Gasteiger partial charge is 0.348 e. The van der Waals surface area contributed by atoms with Gasteiger partial charge < -0.3 is 10.6 Å². The van der Waals surface area contributed by atoms with E-state index in [1.807, 2.05) is 7.05 Å². The molecule has 0 bridgehead atoms. The molecular weight excluding hydrogens is 218 g/mol. The first-order valence-electron chi connectivity index (χ1n) is 6.00. The number of nitrogens with one attached hydrogen (secondary N) is 2. The van der Waals surface area contributed by atoms with E-state index >= 15 is 0 Å². The minimum Gasteiger partial charge on any atom is -0.348 e. The predicted molar refractivity (Wildman–Crippen MR) is 63.0 cm³/mol. The Balaban J connectivity index is 1.84.